The molecule has 0 unspecified atom stereocenters. The van der Waals surface area contributed by atoms with E-state index in [4.69, 9.17) is 34.8 Å². The Morgan fingerprint density at radius 3 is 2.09 bits per heavy atom. The number of nitriles is 1. The zero-order chi connectivity index (χ0) is 25.8. The number of anilines is 1. The monoisotopic (exact) mass is 524 g/mol. The summed E-state index contributed by atoms with van der Waals surface area (Å²) in [5.74, 6) is 0.217. The van der Waals surface area contributed by atoms with E-state index in [2.05, 4.69) is 57.2 Å². The second-order valence-electron chi connectivity index (χ2n) is 10.2. The largest absolute Gasteiger partial charge is 0.507 e. The van der Waals surface area contributed by atoms with Crippen molar-refractivity contribution in [2.45, 2.75) is 65.2 Å². The smallest absolute Gasteiger partial charge is 0.220 e. The molecule has 184 valence electrons. The Morgan fingerprint density at radius 2 is 1.59 bits per heavy atom. The molecule has 0 spiro atoms. The zero-order valence-corrected chi connectivity index (χ0v) is 22.6. The molecule has 9 heteroatoms. The summed E-state index contributed by atoms with van der Waals surface area (Å²) >= 11 is 18.0. The van der Waals surface area contributed by atoms with Crippen LogP contribution in [0.1, 0.15) is 70.2 Å². The molecule has 1 amide bonds. The van der Waals surface area contributed by atoms with Crippen molar-refractivity contribution in [3.8, 4) is 11.8 Å². The molecule has 0 fully saturated rings. The molecule has 2 rings (SSSR count). The number of halogens is 3. The summed E-state index contributed by atoms with van der Waals surface area (Å²) in [4.78, 5) is 16.3. The van der Waals surface area contributed by atoms with Crippen LogP contribution in [0, 0.1) is 11.3 Å². The van der Waals surface area contributed by atoms with E-state index in [9.17, 15) is 15.2 Å². The average Bonchev–Trinajstić information content (AvgIpc) is 2.72. The predicted molar refractivity (Wildman–Crippen MR) is 139 cm³/mol. The van der Waals surface area contributed by atoms with Crippen molar-refractivity contribution in [3.63, 3.8) is 0 Å². The minimum Gasteiger partial charge on any atom is -0.507 e. The fourth-order valence-corrected chi connectivity index (χ4v) is 4.14. The number of hydrogen-bond acceptors (Lipinski definition) is 5. The molecule has 1 heterocycles. The van der Waals surface area contributed by atoms with Crippen LogP contribution in [0.4, 0.5) is 5.69 Å². The number of nitrogens with zero attached hydrogens (tertiary/aromatic N) is 2. The predicted octanol–water partition coefficient (Wildman–Crippen LogP) is 6.37. The van der Waals surface area contributed by atoms with Crippen LogP contribution < -0.4 is 10.6 Å². The highest BCUT2D eigenvalue weighted by molar-refractivity contribution is 6.43. The first-order chi connectivity index (χ1) is 15.7. The molecular formula is C25H31Cl3N4O2. The number of phenolic OH excluding ortho intramolecular Hbond substituents is 1. The Labute approximate surface area is 216 Å². The Kier molecular flexibility index (Phi) is 9.10. The maximum Gasteiger partial charge on any atom is 0.220 e. The van der Waals surface area contributed by atoms with E-state index < -0.39 is 0 Å². The van der Waals surface area contributed by atoms with Crippen LogP contribution in [0.3, 0.4) is 0 Å². The highest BCUT2D eigenvalue weighted by atomic mass is 35.5. The van der Waals surface area contributed by atoms with Gasteiger partial charge in [0.05, 0.1) is 10.7 Å². The molecule has 0 atom stereocenters. The number of aromatic nitrogens is 1. The van der Waals surface area contributed by atoms with Crippen LogP contribution in [0.25, 0.3) is 0 Å². The maximum absolute atomic E-state index is 12.4. The number of nitrogens with one attached hydrogen (secondary N) is 2. The van der Waals surface area contributed by atoms with E-state index in [0.29, 0.717) is 31.7 Å². The van der Waals surface area contributed by atoms with Crippen LogP contribution in [-0.2, 0) is 22.0 Å². The SMILES string of the molecule is CC(C)(C)c1cc(CCC(=O)NCCNc2c(Cl)nc(Cl)c(Cl)c2C#N)cc(C(C)(C)C)c1O. The Morgan fingerprint density at radius 1 is 1.03 bits per heavy atom. The van der Waals surface area contributed by atoms with Crippen LogP contribution in [0.5, 0.6) is 5.75 Å². The minimum absolute atomic E-state index is 0.0262. The van der Waals surface area contributed by atoms with Crippen molar-refractivity contribution in [1.29, 1.82) is 5.26 Å². The van der Waals surface area contributed by atoms with Gasteiger partial charge in [-0.1, -0.05) is 88.5 Å². The number of aryl methyl sites for hydroxylation is 1. The third-order valence-electron chi connectivity index (χ3n) is 5.34. The third kappa shape index (κ3) is 6.91. The lowest BCUT2D eigenvalue weighted by atomic mass is 9.78. The van der Waals surface area contributed by atoms with E-state index in [1.54, 1.807) is 0 Å². The van der Waals surface area contributed by atoms with Gasteiger partial charge in [0.15, 0.2) is 10.3 Å². The molecule has 0 aliphatic carbocycles. The maximum atomic E-state index is 12.4. The molecular weight excluding hydrogens is 495 g/mol. The van der Waals surface area contributed by atoms with Crippen molar-refractivity contribution in [2.24, 2.45) is 0 Å². The molecule has 0 bridgehead atoms. The first kappa shape index (κ1) is 28.0. The number of hydrogen-bond donors (Lipinski definition) is 3. The standard InChI is InChI=1S/C25H31Cl3N4O2/c1-24(2,3)16-11-14(12-17(21(16)34)25(4,5)6)7-8-18(33)30-9-10-31-20-15(13-29)19(26)22(27)32-23(20)28/h11-12,31,34H,7-10H2,1-6H3,(H,30,33). The first-order valence-corrected chi connectivity index (χ1v) is 12.1. The normalized spacial score (nSPS) is 11.8. The van der Waals surface area contributed by atoms with Crippen molar-refractivity contribution >= 4 is 46.4 Å². The molecule has 0 radical (unpaired) electrons. The lowest BCUT2D eigenvalue weighted by molar-refractivity contribution is -0.120. The van der Waals surface area contributed by atoms with Crippen molar-refractivity contribution in [1.82, 2.24) is 10.3 Å². The quantitative estimate of drug-likeness (QED) is 0.288. The van der Waals surface area contributed by atoms with Gasteiger partial charge < -0.3 is 15.7 Å². The number of aromatic hydroxyl groups is 1. The van der Waals surface area contributed by atoms with Gasteiger partial charge in [-0.15, -0.1) is 0 Å². The summed E-state index contributed by atoms with van der Waals surface area (Å²) in [7, 11) is 0. The van der Waals surface area contributed by atoms with Gasteiger partial charge in [-0.2, -0.15) is 5.26 Å². The molecule has 0 aliphatic rings. The fourth-order valence-electron chi connectivity index (χ4n) is 3.49. The Hall–Kier alpha value is -2.20. The molecule has 0 aliphatic heterocycles. The molecule has 3 N–H and O–H groups in total. The summed E-state index contributed by atoms with van der Waals surface area (Å²) in [5.41, 5.74) is 2.69. The molecule has 6 nitrogen and oxygen atoms in total. The molecule has 2 aromatic rings. The summed E-state index contributed by atoms with van der Waals surface area (Å²) in [6.45, 7) is 13.0. The van der Waals surface area contributed by atoms with Crippen molar-refractivity contribution in [3.05, 3.63) is 49.7 Å². The average molecular weight is 526 g/mol. The summed E-state index contributed by atoms with van der Waals surface area (Å²) in [6, 6.07) is 5.94. The lowest BCUT2D eigenvalue weighted by Crippen LogP contribution is -2.29. The van der Waals surface area contributed by atoms with Gasteiger partial charge in [0.1, 0.15) is 17.4 Å². The van der Waals surface area contributed by atoms with E-state index in [1.165, 1.54) is 0 Å². The van der Waals surface area contributed by atoms with Crippen molar-refractivity contribution in [2.75, 3.05) is 18.4 Å². The minimum atomic E-state index is -0.225. The second-order valence-corrected chi connectivity index (χ2v) is 11.3. The Balaban J connectivity index is 2.01. The van der Waals surface area contributed by atoms with Gasteiger partial charge in [-0.25, -0.2) is 4.98 Å². The summed E-state index contributed by atoms with van der Waals surface area (Å²) in [5, 5.41) is 26.0. The number of benzene rings is 1. The van der Waals surface area contributed by atoms with Crippen molar-refractivity contribution < 1.29 is 9.90 Å². The van der Waals surface area contributed by atoms with Gasteiger partial charge in [0, 0.05) is 19.5 Å². The molecule has 1 aromatic heterocycles. The van der Waals surface area contributed by atoms with Gasteiger partial charge in [-0.05, 0) is 33.9 Å². The van der Waals surface area contributed by atoms with Gasteiger partial charge in [0.2, 0.25) is 5.91 Å². The van der Waals surface area contributed by atoms with Crippen LogP contribution in [-0.4, -0.2) is 29.1 Å². The topological polar surface area (TPSA) is 98.0 Å². The highest BCUT2D eigenvalue weighted by Gasteiger charge is 2.26. The van der Waals surface area contributed by atoms with E-state index in [0.717, 1.165) is 16.7 Å². The van der Waals surface area contributed by atoms with E-state index in [-0.39, 0.29) is 43.3 Å². The van der Waals surface area contributed by atoms with E-state index in [1.807, 2.05) is 18.2 Å². The van der Waals surface area contributed by atoms with Crippen LogP contribution >= 0.6 is 34.8 Å². The van der Waals surface area contributed by atoms with Gasteiger partial charge in [0.25, 0.3) is 0 Å². The summed E-state index contributed by atoms with van der Waals surface area (Å²) in [6.07, 6.45) is 0.850. The lowest BCUT2D eigenvalue weighted by Gasteiger charge is -2.28. The molecule has 1 aromatic carbocycles. The second kappa shape index (κ2) is 11.0. The number of phenols is 1. The van der Waals surface area contributed by atoms with Crippen LogP contribution in [0.2, 0.25) is 15.3 Å². The van der Waals surface area contributed by atoms with E-state index >= 15 is 0 Å². The Bertz CT molecular complexity index is 1080. The third-order valence-corrected chi connectivity index (χ3v) is 6.35. The molecule has 0 saturated carbocycles. The number of pyridine rings is 1. The highest BCUT2D eigenvalue weighted by Crippen LogP contribution is 2.40. The number of amides is 1. The molecule has 34 heavy (non-hydrogen) atoms. The van der Waals surface area contributed by atoms with Gasteiger partial charge >= 0.3 is 0 Å². The number of rotatable bonds is 7. The number of carbonyl (C=O) groups is 1. The summed E-state index contributed by atoms with van der Waals surface area (Å²) < 4.78 is 0. The van der Waals surface area contributed by atoms with Crippen LogP contribution in [0.15, 0.2) is 12.1 Å². The fraction of sp³-hybridized carbons (Fsp3) is 0.480. The van der Waals surface area contributed by atoms with Gasteiger partial charge in [-0.3, -0.25) is 4.79 Å². The zero-order valence-electron chi connectivity index (χ0n) is 20.4. The number of carbonyl (C=O) groups excluding carboxylic acids is 1. The molecule has 0 saturated heterocycles. The first-order valence-electron chi connectivity index (χ1n) is 11.0.